The molecular weight excluding hydrogens is 230 g/mol. The van der Waals surface area contributed by atoms with Gasteiger partial charge in [0, 0.05) is 5.75 Å². The molecule has 0 saturated heterocycles. The first-order valence-electron chi connectivity index (χ1n) is 6.83. The number of hydrogen-bond donors (Lipinski definition) is 0. The molecule has 0 unspecified atom stereocenters. The molecule has 0 amide bonds. The minimum Gasteiger partial charge on any atom is -0.286 e. The van der Waals surface area contributed by atoms with E-state index in [9.17, 15) is 4.79 Å². The lowest BCUT2D eigenvalue weighted by Crippen LogP contribution is -1.91. The molecule has 98 valence electrons. The molecule has 0 heterocycles. The lowest BCUT2D eigenvalue weighted by atomic mass is 10.1. The third-order valence-electron chi connectivity index (χ3n) is 2.73. The van der Waals surface area contributed by atoms with Gasteiger partial charge in [0.15, 0.2) is 0 Å². The molecule has 0 aromatic heterocycles. The van der Waals surface area contributed by atoms with Crippen molar-refractivity contribution in [1.29, 1.82) is 5.26 Å². The van der Waals surface area contributed by atoms with Crippen LogP contribution in [0.1, 0.15) is 71.1 Å². The van der Waals surface area contributed by atoms with Gasteiger partial charge in [-0.3, -0.25) is 4.79 Å². The van der Waals surface area contributed by atoms with Gasteiger partial charge in [-0.15, -0.1) is 0 Å². The molecule has 0 saturated carbocycles. The van der Waals surface area contributed by atoms with E-state index in [4.69, 9.17) is 5.26 Å². The summed E-state index contributed by atoms with van der Waals surface area (Å²) in [4.78, 5) is 11.0. The second-order valence-electron chi connectivity index (χ2n) is 4.38. The van der Waals surface area contributed by atoms with Crippen LogP contribution in [0, 0.1) is 11.3 Å². The molecule has 0 aliphatic carbocycles. The van der Waals surface area contributed by atoms with Crippen LogP contribution in [0.3, 0.4) is 0 Å². The highest BCUT2D eigenvalue weighted by molar-refractivity contribution is 8.13. The molecule has 2 nitrogen and oxygen atoms in total. The van der Waals surface area contributed by atoms with Crippen molar-refractivity contribution < 1.29 is 4.79 Å². The molecule has 0 fully saturated rings. The van der Waals surface area contributed by atoms with Gasteiger partial charge in [0.2, 0.25) is 5.12 Å². The Balaban J connectivity index is 3.04. The minimum atomic E-state index is 0.0204. The van der Waals surface area contributed by atoms with Crippen molar-refractivity contribution in [2.45, 2.75) is 71.1 Å². The molecule has 17 heavy (non-hydrogen) atoms. The number of carbonyl (C=O) groups is 1. The topological polar surface area (TPSA) is 40.9 Å². The number of rotatable bonds is 11. The average Bonchev–Trinajstić information content (AvgIpc) is 2.32. The molecule has 0 atom stereocenters. The lowest BCUT2D eigenvalue weighted by Gasteiger charge is -2.01. The lowest BCUT2D eigenvalue weighted by molar-refractivity contribution is -0.110. The molecule has 0 bridgehead atoms. The van der Waals surface area contributed by atoms with Crippen molar-refractivity contribution in [1.82, 2.24) is 0 Å². The van der Waals surface area contributed by atoms with E-state index in [1.165, 1.54) is 63.1 Å². The summed E-state index contributed by atoms with van der Waals surface area (Å²) in [5.74, 6) is 0.885. The quantitative estimate of drug-likeness (QED) is 0.503. The molecule has 0 N–H and O–H groups in total. The zero-order valence-corrected chi connectivity index (χ0v) is 11.9. The average molecular weight is 255 g/mol. The van der Waals surface area contributed by atoms with Gasteiger partial charge in [-0.1, -0.05) is 70.1 Å². The van der Waals surface area contributed by atoms with Gasteiger partial charge in [-0.25, -0.2) is 0 Å². The Bertz CT molecular complexity index is 223. The van der Waals surface area contributed by atoms with Crippen LogP contribution >= 0.6 is 11.8 Å². The van der Waals surface area contributed by atoms with E-state index in [1.807, 2.05) is 6.07 Å². The van der Waals surface area contributed by atoms with Gasteiger partial charge in [0.05, 0.1) is 6.07 Å². The van der Waals surface area contributed by atoms with E-state index in [2.05, 4.69) is 6.92 Å². The molecule has 3 heteroatoms. The van der Waals surface area contributed by atoms with E-state index >= 15 is 0 Å². The maximum absolute atomic E-state index is 11.0. The molecule has 0 aromatic rings. The van der Waals surface area contributed by atoms with Crippen molar-refractivity contribution >= 4 is 16.9 Å². The third kappa shape index (κ3) is 13.4. The van der Waals surface area contributed by atoms with Crippen LogP contribution in [-0.4, -0.2) is 10.9 Å². The van der Waals surface area contributed by atoms with Crippen molar-refractivity contribution in [3.05, 3.63) is 0 Å². The van der Waals surface area contributed by atoms with Crippen LogP contribution in [-0.2, 0) is 4.79 Å². The number of carbonyl (C=O) groups excluding carboxylic acids is 1. The second kappa shape index (κ2) is 13.6. The van der Waals surface area contributed by atoms with Gasteiger partial charge in [0.1, 0.15) is 6.42 Å². The molecule has 0 spiro atoms. The van der Waals surface area contributed by atoms with Gasteiger partial charge in [-0.05, 0) is 6.42 Å². The van der Waals surface area contributed by atoms with Crippen LogP contribution in [0.4, 0.5) is 0 Å². The SMILES string of the molecule is CCCCCCCCCCCSC(=O)CC#N. The van der Waals surface area contributed by atoms with E-state index in [0.29, 0.717) is 0 Å². The van der Waals surface area contributed by atoms with E-state index in [-0.39, 0.29) is 11.5 Å². The minimum absolute atomic E-state index is 0.0204. The maximum Gasteiger partial charge on any atom is 0.202 e. The molecule has 0 aromatic carbocycles. The van der Waals surface area contributed by atoms with Gasteiger partial charge in [0.25, 0.3) is 0 Å². The van der Waals surface area contributed by atoms with E-state index in [1.54, 1.807) is 0 Å². The van der Waals surface area contributed by atoms with Crippen molar-refractivity contribution in [3.8, 4) is 6.07 Å². The smallest absolute Gasteiger partial charge is 0.202 e. The van der Waals surface area contributed by atoms with E-state index < -0.39 is 0 Å². The highest BCUT2D eigenvalue weighted by Gasteiger charge is 2.00. The first kappa shape index (κ1) is 16.5. The van der Waals surface area contributed by atoms with E-state index in [0.717, 1.165) is 12.2 Å². The van der Waals surface area contributed by atoms with Crippen molar-refractivity contribution in [2.75, 3.05) is 5.75 Å². The number of nitrogens with zero attached hydrogens (tertiary/aromatic N) is 1. The summed E-state index contributed by atoms with van der Waals surface area (Å²) < 4.78 is 0. The molecular formula is C14H25NOS. The zero-order chi connectivity index (χ0) is 12.8. The van der Waals surface area contributed by atoms with Crippen LogP contribution in [0.25, 0.3) is 0 Å². The second-order valence-corrected chi connectivity index (χ2v) is 5.54. The zero-order valence-electron chi connectivity index (χ0n) is 11.0. The molecule has 0 rings (SSSR count). The third-order valence-corrected chi connectivity index (χ3v) is 3.69. The van der Waals surface area contributed by atoms with Crippen LogP contribution in [0.2, 0.25) is 0 Å². The fourth-order valence-corrected chi connectivity index (χ4v) is 2.46. The molecule has 0 radical (unpaired) electrons. The fourth-order valence-electron chi connectivity index (χ4n) is 1.71. The van der Waals surface area contributed by atoms with Gasteiger partial charge >= 0.3 is 0 Å². The number of thioether (sulfide) groups is 1. The monoisotopic (exact) mass is 255 g/mol. The Morgan fingerprint density at radius 1 is 1.00 bits per heavy atom. The Morgan fingerprint density at radius 3 is 2.06 bits per heavy atom. The first-order chi connectivity index (χ1) is 8.31. The van der Waals surface area contributed by atoms with Crippen LogP contribution < -0.4 is 0 Å². The molecule has 0 aliphatic heterocycles. The maximum atomic E-state index is 11.0. The molecule has 0 aliphatic rings. The van der Waals surface area contributed by atoms with Crippen LogP contribution in [0.5, 0.6) is 0 Å². The van der Waals surface area contributed by atoms with Crippen molar-refractivity contribution in [2.24, 2.45) is 0 Å². The summed E-state index contributed by atoms with van der Waals surface area (Å²) in [5, 5.41) is 8.33. The highest BCUT2D eigenvalue weighted by atomic mass is 32.2. The van der Waals surface area contributed by atoms with Crippen LogP contribution in [0.15, 0.2) is 0 Å². The number of unbranched alkanes of at least 4 members (excludes halogenated alkanes) is 8. The Hall–Kier alpha value is -0.490. The summed E-state index contributed by atoms with van der Waals surface area (Å²) in [6.45, 7) is 2.24. The Labute approximate surface area is 110 Å². The predicted molar refractivity (Wildman–Crippen MR) is 74.9 cm³/mol. The largest absolute Gasteiger partial charge is 0.286 e. The first-order valence-corrected chi connectivity index (χ1v) is 7.82. The standard InChI is InChI=1S/C14H25NOS/c1-2-3-4-5-6-7-8-9-10-13-17-14(16)11-12-15/h2-11,13H2,1H3. The fraction of sp³-hybridized carbons (Fsp3) is 0.857. The summed E-state index contributed by atoms with van der Waals surface area (Å²) in [6.07, 6.45) is 11.8. The van der Waals surface area contributed by atoms with Crippen molar-refractivity contribution in [3.63, 3.8) is 0 Å². The highest BCUT2D eigenvalue weighted by Crippen LogP contribution is 2.12. The summed E-state index contributed by atoms with van der Waals surface area (Å²) >= 11 is 1.31. The predicted octanol–water partition coefficient (Wildman–Crippen LogP) is 4.69. The summed E-state index contributed by atoms with van der Waals surface area (Å²) in [5.41, 5.74) is 0. The summed E-state index contributed by atoms with van der Waals surface area (Å²) in [7, 11) is 0. The number of nitriles is 1. The van der Waals surface area contributed by atoms with Gasteiger partial charge in [-0.2, -0.15) is 5.26 Å². The van der Waals surface area contributed by atoms with Gasteiger partial charge < -0.3 is 0 Å². The summed E-state index contributed by atoms with van der Waals surface area (Å²) in [6, 6.07) is 1.88. The Kier molecular flexibility index (Phi) is 13.2. The Morgan fingerprint density at radius 2 is 1.53 bits per heavy atom. The number of hydrogen-bond acceptors (Lipinski definition) is 3. The normalized spacial score (nSPS) is 10.1.